The quantitative estimate of drug-likeness (QED) is 0.595. The number of aromatic nitrogens is 4. The van der Waals surface area contributed by atoms with Gasteiger partial charge in [0.25, 0.3) is 11.5 Å². The van der Waals surface area contributed by atoms with Crippen LogP contribution >= 0.6 is 0 Å². The van der Waals surface area contributed by atoms with Gasteiger partial charge in [-0.3, -0.25) is 14.2 Å². The SMILES string of the molecule is CNc1ncccc1-c1cc2n(CC(C)(C)C)c(O)c(C(=O)NC3CC3)c(=O)n2n1. The molecular formula is C21H26N6O3. The van der Waals surface area contributed by atoms with Crippen LogP contribution in [0.4, 0.5) is 5.82 Å². The Bertz CT molecular complexity index is 1180. The van der Waals surface area contributed by atoms with Crippen LogP contribution in [0.2, 0.25) is 0 Å². The number of aromatic hydroxyl groups is 1. The molecule has 0 bridgehead atoms. The molecule has 9 heteroatoms. The molecule has 4 rings (SSSR count). The number of hydrogen-bond donors (Lipinski definition) is 3. The zero-order chi connectivity index (χ0) is 21.6. The number of nitrogens with one attached hydrogen (secondary N) is 2. The second-order valence-electron chi connectivity index (χ2n) is 8.85. The van der Waals surface area contributed by atoms with Gasteiger partial charge in [-0.1, -0.05) is 20.8 Å². The molecule has 0 saturated heterocycles. The molecule has 0 unspecified atom stereocenters. The highest BCUT2D eigenvalue weighted by molar-refractivity contribution is 5.96. The van der Waals surface area contributed by atoms with Crippen molar-refractivity contribution < 1.29 is 9.90 Å². The van der Waals surface area contributed by atoms with E-state index >= 15 is 0 Å². The highest BCUT2D eigenvalue weighted by atomic mass is 16.3. The minimum absolute atomic E-state index is 0.0600. The van der Waals surface area contributed by atoms with Gasteiger partial charge in [0.2, 0.25) is 5.88 Å². The van der Waals surface area contributed by atoms with Crippen molar-refractivity contribution in [3.63, 3.8) is 0 Å². The summed E-state index contributed by atoms with van der Waals surface area (Å²) in [4.78, 5) is 30.2. The summed E-state index contributed by atoms with van der Waals surface area (Å²) in [5.41, 5.74) is 0.503. The van der Waals surface area contributed by atoms with Crippen LogP contribution in [0.3, 0.4) is 0 Å². The second-order valence-corrected chi connectivity index (χ2v) is 8.85. The van der Waals surface area contributed by atoms with E-state index in [4.69, 9.17) is 0 Å². The van der Waals surface area contributed by atoms with Crippen molar-refractivity contribution >= 4 is 17.4 Å². The molecule has 3 aromatic rings. The molecule has 3 heterocycles. The van der Waals surface area contributed by atoms with Gasteiger partial charge in [0.15, 0.2) is 5.56 Å². The van der Waals surface area contributed by atoms with E-state index in [1.54, 1.807) is 29.9 Å². The Kier molecular flexibility index (Phi) is 4.76. The van der Waals surface area contributed by atoms with Gasteiger partial charge in [0.05, 0.1) is 5.69 Å². The fraction of sp³-hybridized carbons (Fsp3) is 0.429. The molecule has 0 atom stereocenters. The number of pyridine rings is 1. The summed E-state index contributed by atoms with van der Waals surface area (Å²) < 4.78 is 2.77. The normalized spacial score (nSPS) is 14.1. The molecule has 1 amide bonds. The van der Waals surface area contributed by atoms with E-state index in [9.17, 15) is 14.7 Å². The van der Waals surface area contributed by atoms with Gasteiger partial charge in [0, 0.05) is 37.5 Å². The fourth-order valence-corrected chi connectivity index (χ4v) is 3.41. The molecule has 3 aromatic heterocycles. The van der Waals surface area contributed by atoms with Crippen LogP contribution in [0.15, 0.2) is 29.2 Å². The number of nitrogens with zero attached hydrogens (tertiary/aromatic N) is 4. The molecule has 30 heavy (non-hydrogen) atoms. The maximum absolute atomic E-state index is 13.1. The first kappa shape index (κ1) is 19.9. The van der Waals surface area contributed by atoms with E-state index < -0.39 is 11.5 Å². The Balaban J connectivity index is 1.96. The third-order valence-corrected chi connectivity index (χ3v) is 4.95. The maximum atomic E-state index is 13.1. The summed E-state index contributed by atoms with van der Waals surface area (Å²) in [5.74, 6) is -0.294. The van der Waals surface area contributed by atoms with Crippen LogP contribution in [0, 0.1) is 5.41 Å². The summed E-state index contributed by atoms with van der Waals surface area (Å²) >= 11 is 0. The van der Waals surface area contributed by atoms with Gasteiger partial charge in [-0.05, 0) is 30.4 Å². The van der Waals surface area contributed by atoms with E-state index in [1.807, 2.05) is 26.8 Å². The van der Waals surface area contributed by atoms with Gasteiger partial charge in [-0.15, -0.1) is 0 Å². The standard InChI is InChI=1S/C21H26N6O3/c1-21(2,3)11-26-15-10-14(13-6-5-9-23-17(13)22-4)25-27(15)20(30)16(19(26)29)18(28)24-12-7-8-12/h5-6,9-10,12,29H,7-8,11H2,1-4H3,(H,22,23)(H,24,28). The zero-order valence-corrected chi connectivity index (χ0v) is 17.6. The predicted molar refractivity (Wildman–Crippen MR) is 114 cm³/mol. The van der Waals surface area contributed by atoms with Gasteiger partial charge in [-0.25, -0.2) is 4.98 Å². The summed E-state index contributed by atoms with van der Waals surface area (Å²) in [5, 5.41) is 21.2. The van der Waals surface area contributed by atoms with Crippen molar-refractivity contribution in [2.24, 2.45) is 5.41 Å². The van der Waals surface area contributed by atoms with Gasteiger partial charge in [-0.2, -0.15) is 9.61 Å². The lowest BCUT2D eigenvalue weighted by Gasteiger charge is -2.23. The van der Waals surface area contributed by atoms with Gasteiger partial charge < -0.3 is 15.7 Å². The van der Waals surface area contributed by atoms with Crippen LogP contribution < -0.4 is 16.2 Å². The van der Waals surface area contributed by atoms with Crippen LogP contribution in [0.5, 0.6) is 5.88 Å². The highest BCUT2D eigenvalue weighted by Crippen LogP contribution is 2.29. The van der Waals surface area contributed by atoms with E-state index in [0.717, 1.165) is 12.8 Å². The smallest absolute Gasteiger partial charge is 0.291 e. The summed E-state index contributed by atoms with van der Waals surface area (Å²) in [7, 11) is 1.76. The molecule has 9 nitrogen and oxygen atoms in total. The van der Waals surface area contributed by atoms with Gasteiger partial charge >= 0.3 is 0 Å². The number of carbonyl (C=O) groups excluding carboxylic acids is 1. The maximum Gasteiger partial charge on any atom is 0.291 e. The molecule has 1 aliphatic carbocycles. The van der Waals surface area contributed by atoms with Crippen molar-refractivity contribution in [2.75, 3.05) is 12.4 Å². The average molecular weight is 410 g/mol. The van der Waals surface area contributed by atoms with Crippen LogP contribution in [-0.4, -0.2) is 43.3 Å². The number of anilines is 1. The lowest BCUT2D eigenvalue weighted by Crippen LogP contribution is -2.35. The third kappa shape index (κ3) is 3.62. The fourth-order valence-electron chi connectivity index (χ4n) is 3.41. The second kappa shape index (κ2) is 7.16. The van der Waals surface area contributed by atoms with Crippen LogP contribution in [-0.2, 0) is 6.54 Å². The first-order chi connectivity index (χ1) is 14.2. The van der Waals surface area contributed by atoms with Gasteiger partial charge in [0.1, 0.15) is 11.5 Å². The Morgan fingerprint density at radius 2 is 2.07 bits per heavy atom. The first-order valence-electron chi connectivity index (χ1n) is 9.99. The molecular weight excluding hydrogens is 384 g/mol. The predicted octanol–water partition coefficient (Wildman–Crippen LogP) is 2.24. The monoisotopic (exact) mass is 410 g/mol. The number of hydrogen-bond acceptors (Lipinski definition) is 6. The Morgan fingerprint density at radius 1 is 1.33 bits per heavy atom. The Morgan fingerprint density at radius 3 is 2.70 bits per heavy atom. The van der Waals surface area contributed by atoms with E-state index in [2.05, 4.69) is 20.7 Å². The zero-order valence-electron chi connectivity index (χ0n) is 17.6. The van der Waals surface area contributed by atoms with Crippen molar-refractivity contribution in [1.82, 2.24) is 24.5 Å². The molecule has 1 fully saturated rings. The molecule has 0 radical (unpaired) electrons. The molecule has 0 aliphatic heterocycles. The first-order valence-corrected chi connectivity index (χ1v) is 9.99. The topological polar surface area (TPSA) is 114 Å². The van der Waals surface area contributed by atoms with Crippen LogP contribution in [0.1, 0.15) is 44.0 Å². The largest absolute Gasteiger partial charge is 0.494 e. The summed E-state index contributed by atoms with van der Waals surface area (Å²) in [6, 6.07) is 5.42. The Labute approximate surface area is 173 Å². The van der Waals surface area contributed by atoms with Crippen molar-refractivity contribution in [3.05, 3.63) is 40.3 Å². The molecule has 1 aliphatic rings. The number of rotatable bonds is 5. The lowest BCUT2D eigenvalue weighted by atomic mass is 9.96. The highest BCUT2D eigenvalue weighted by Gasteiger charge is 2.30. The average Bonchev–Trinajstić information content (AvgIpc) is 3.38. The summed E-state index contributed by atoms with van der Waals surface area (Å²) in [6.45, 7) is 6.44. The Hall–Kier alpha value is -3.36. The molecule has 0 aromatic carbocycles. The third-order valence-electron chi connectivity index (χ3n) is 4.95. The summed E-state index contributed by atoms with van der Waals surface area (Å²) in [6.07, 6.45) is 3.42. The van der Waals surface area contributed by atoms with Crippen molar-refractivity contribution in [2.45, 2.75) is 46.2 Å². The molecule has 158 valence electrons. The van der Waals surface area contributed by atoms with Crippen LogP contribution in [0.25, 0.3) is 16.9 Å². The van der Waals surface area contributed by atoms with E-state index in [0.29, 0.717) is 29.3 Å². The van der Waals surface area contributed by atoms with Crippen molar-refractivity contribution in [3.8, 4) is 17.1 Å². The van der Waals surface area contributed by atoms with E-state index in [1.165, 1.54) is 4.52 Å². The molecule has 1 saturated carbocycles. The minimum Gasteiger partial charge on any atom is -0.494 e. The number of fused-ring (bicyclic) bond motifs is 1. The number of amides is 1. The molecule has 0 spiro atoms. The minimum atomic E-state index is -0.646. The van der Waals surface area contributed by atoms with Crippen molar-refractivity contribution in [1.29, 1.82) is 0 Å². The molecule has 3 N–H and O–H groups in total. The number of carbonyl (C=O) groups is 1. The van der Waals surface area contributed by atoms with E-state index in [-0.39, 0.29) is 22.9 Å². The lowest BCUT2D eigenvalue weighted by molar-refractivity contribution is 0.0944.